The largest absolute Gasteiger partial charge is 0.472 e. The van der Waals surface area contributed by atoms with Gasteiger partial charge in [-0.2, -0.15) is 0 Å². The molecule has 47 heavy (non-hydrogen) atoms. The van der Waals surface area contributed by atoms with Crippen molar-refractivity contribution in [1.29, 1.82) is 0 Å². The van der Waals surface area contributed by atoms with Crippen molar-refractivity contribution in [1.82, 2.24) is 5.32 Å². The topological polar surface area (TPSA) is 131 Å². The van der Waals surface area contributed by atoms with Crippen molar-refractivity contribution in [2.45, 2.75) is 187 Å². The molecule has 0 aliphatic carbocycles. The first kappa shape index (κ1) is 45.8. The number of nitrogens with one attached hydrogen (secondary N) is 1. The van der Waals surface area contributed by atoms with Gasteiger partial charge in [-0.05, 0) is 38.5 Å². The van der Waals surface area contributed by atoms with Crippen molar-refractivity contribution in [3.8, 4) is 0 Å². The number of carbonyl (C=O) groups excluding carboxylic acids is 2. The molecule has 0 heterocycles. The Morgan fingerprint density at radius 2 is 1.09 bits per heavy atom. The number of allylic oxidation sites excluding steroid dienone is 2. The molecule has 1 amide bonds. The molecular formula is C37H72NO8P. The lowest BCUT2D eigenvalue weighted by Gasteiger charge is -2.15. The minimum absolute atomic E-state index is 0.0846. The number of aliphatic hydroxyl groups excluding tert-OH is 1. The normalized spacial score (nSPS) is 13.5. The van der Waals surface area contributed by atoms with Gasteiger partial charge in [-0.3, -0.25) is 18.6 Å². The van der Waals surface area contributed by atoms with Crippen molar-refractivity contribution in [2.24, 2.45) is 0 Å². The number of hydrogen-bond acceptors (Lipinski definition) is 7. The van der Waals surface area contributed by atoms with Gasteiger partial charge in [0.1, 0.15) is 12.7 Å². The van der Waals surface area contributed by atoms with Gasteiger partial charge in [0.2, 0.25) is 5.91 Å². The minimum Gasteiger partial charge on any atom is -0.463 e. The predicted octanol–water partition coefficient (Wildman–Crippen LogP) is 9.88. The molecule has 0 spiro atoms. The van der Waals surface area contributed by atoms with Crippen LogP contribution >= 0.6 is 7.82 Å². The highest BCUT2D eigenvalue weighted by atomic mass is 31.2. The van der Waals surface area contributed by atoms with E-state index in [0.29, 0.717) is 6.42 Å². The smallest absolute Gasteiger partial charge is 0.463 e. The fourth-order valence-electron chi connectivity index (χ4n) is 5.26. The van der Waals surface area contributed by atoms with Crippen LogP contribution in [-0.2, 0) is 27.9 Å². The van der Waals surface area contributed by atoms with E-state index in [4.69, 9.17) is 13.8 Å². The lowest BCUT2D eigenvalue weighted by Crippen LogP contribution is -2.27. The molecule has 0 aromatic rings. The van der Waals surface area contributed by atoms with Gasteiger partial charge in [0.15, 0.2) is 0 Å². The van der Waals surface area contributed by atoms with Gasteiger partial charge in [-0.1, -0.05) is 142 Å². The molecule has 3 N–H and O–H groups in total. The Kier molecular flexibility index (Phi) is 33.7. The number of unbranched alkanes of at least 4 members (excludes halogenated alkanes) is 21. The highest BCUT2D eigenvalue weighted by Crippen LogP contribution is 2.42. The summed E-state index contributed by atoms with van der Waals surface area (Å²) in [6.07, 6.45) is 32.8. The van der Waals surface area contributed by atoms with Crippen LogP contribution in [0.1, 0.15) is 181 Å². The van der Waals surface area contributed by atoms with E-state index in [9.17, 15) is 24.2 Å². The molecule has 0 radical (unpaired) electrons. The lowest BCUT2D eigenvalue weighted by atomic mass is 10.1. The molecule has 0 aromatic heterocycles. The first-order chi connectivity index (χ1) is 22.8. The maximum atomic E-state index is 12.0. The number of ether oxygens (including phenoxy) is 1. The second-order valence-electron chi connectivity index (χ2n) is 12.9. The Hall–Kier alpha value is -1.25. The van der Waals surface area contributed by atoms with Crippen LogP contribution in [0.3, 0.4) is 0 Å². The van der Waals surface area contributed by atoms with Crippen LogP contribution < -0.4 is 5.32 Å². The third-order valence-electron chi connectivity index (χ3n) is 8.20. The number of phosphoric ester groups is 1. The maximum absolute atomic E-state index is 12.0. The van der Waals surface area contributed by atoms with Crippen molar-refractivity contribution in [3.05, 3.63) is 12.2 Å². The molecule has 2 unspecified atom stereocenters. The number of aliphatic hydroxyl groups is 1. The zero-order valence-electron chi connectivity index (χ0n) is 30.2. The number of rotatable bonds is 36. The van der Waals surface area contributed by atoms with Crippen molar-refractivity contribution in [2.75, 3.05) is 26.4 Å². The maximum Gasteiger partial charge on any atom is 0.472 e. The van der Waals surface area contributed by atoms with E-state index in [0.717, 1.165) is 57.8 Å². The molecule has 2 atom stereocenters. The van der Waals surface area contributed by atoms with Crippen LogP contribution in [0.25, 0.3) is 0 Å². The van der Waals surface area contributed by atoms with Gasteiger partial charge < -0.3 is 20.1 Å². The van der Waals surface area contributed by atoms with Gasteiger partial charge in [0.25, 0.3) is 0 Å². The highest BCUT2D eigenvalue weighted by molar-refractivity contribution is 7.47. The summed E-state index contributed by atoms with van der Waals surface area (Å²) < 4.78 is 26.7. The van der Waals surface area contributed by atoms with Crippen LogP contribution in [0.5, 0.6) is 0 Å². The predicted molar refractivity (Wildman–Crippen MR) is 192 cm³/mol. The molecule has 0 fully saturated rings. The standard InChI is InChI=1S/C37H72NO8P/c1-3-5-7-9-11-13-15-16-17-18-20-22-24-26-28-30-37(41)44-33-35(39)34-46-47(42,43)45-32-31-38-36(40)29-27-25-23-21-19-14-12-10-8-6-4-2/h16-17,35,39H,3-15,18-34H2,1-2H3,(H,38,40)(H,42,43)/b17-16-. The van der Waals surface area contributed by atoms with Crippen molar-refractivity contribution < 1.29 is 37.9 Å². The monoisotopic (exact) mass is 689 g/mol. The fourth-order valence-corrected chi connectivity index (χ4v) is 6.01. The Bertz CT molecular complexity index is 794. The summed E-state index contributed by atoms with van der Waals surface area (Å²) >= 11 is 0. The zero-order valence-corrected chi connectivity index (χ0v) is 31.1. The Morgan fingerprint density at radius 3 is 1.60 bits per heavy atom. The third kappa shape index (κ3) is 35.9. The summed E-state index contributed by atoms with van der Waals surface area (Å²) in [4.78, 5) is 33.7. The summed E-state index contributed by atoms with van der Waals surface area (Å²) in [5.74, 6) is -0.522. The highest BCUT2D eigenvalue weighted by Gasteiger charge is 2.23. The average molecular weight is 690 g/mol. The van der Waals surface area contributed by atoms with E-state index in [2.05, 4.69) is 31.3 Å². The van der Waals surface area contributed by atoms with Gasteiger partial charge in [-0.15, -0.1) is 0 Å². The summed E-state index contributed by atoms with van der Waals surface area (Å²) in [5, 5.41) is 12.6. The van der Waals surface area contributed by atoms with E-state index in [1.807, 2.05) is 0 Å². The van der Waals surface area contributed by atoms with E-state index in [-0.39, 0.29) is 32.1 Å². The zero-order chi connectivity index (χ0) is 34.7. The first-order valence-electron chi connectivity index (χ1n) is 19.2. The van der Waals surface area contributed by atoms with Gasteiger partial charge >= 0.3 is 13.8 Å². The van der Waals surface area contributed by atoms with Crippen molar-refractivity contribution in [3.63, 3.8) is 0 Å². The van der Waals surface area contributed by atoms with Crippen LogP contribution in [0, 0.1) is 0 Å². The molecule has 0 aromatic carbocycles. The number of hydrogen-bond donors (Lipinski definition) is 3. The molecule has 0 bridgehead atoms. The quantitative estimate of drug-likeness (QED) is 0.0256. The second-order valence-corrected chi connectivity index (χ2v) is 14.4. The fraction of sp³-hybridized carbons (Fsp3) is 0.892. The summed E-state index contributed by atoms with van der Waals surface area (Å²) in [6.45, 7) is 3.53. The van der Waals surface area contributed by atoms with Crippen LogP contribution in [-0.4, -0.2) is 54.3 Å². The Labute approximate surface area is 288 Å². The summed E-state index contributed by atoms with van der Waals surface area (Å²) in [6, 6.07) is 0. The molecule has 0 aliphatic heterocycles. The SMILES string of the molecule is CCCCCCCC/C=C\CCCCCCCC(=O)OCC(O)COP(=O)(O)OCCNC(=O)CCCCCCCCCCCCC. The van der Waals surface area contributed by atoms with Crippen LogP contribution in [0.15, 0.2) is 12.2 Å². The molecule has 9 nitrogen and oxygen atoms in total. The van der Waals surface area contributed by atoms with Gasteiger partial charge in [-0.25, -0.2) is 4.57 Å². The van der Waals surface area contributed by atoms with Crippen LogP contribution in [0.2, 0.25) is 0 Å². The Morgan fingerprint density at radius 1 is 0.638 bits per heavy atom. The van der Waals surface area contributed by atoms with E-state index in [1.165, 1.54) is 96.3 Å². The lowest BCUT2D eigenvalue weighted by molar-refractivity contribution is -0.147. The second kappa shape index (κ2) is 34.6. The molecule has 0 saturated carbocycles. The van der Waals surface area contributed by atoms with Gasteiger partial charge in [0.05, 0.1) is 13.2 Å². The molecule has 0 aliphatic rings. The molecule has 0 saturated heterocycles. The van der Waals surface area contributed by atoms with E-state index < -0.39 is 26.5 Å². The number of phosphoric acid groups is 1. The first-order valence-corrected chi connectivity index (χ1v) is 20.7. The van der Waals surface area contributed by atoms with Crippen LogP contribution in [0.4, 0.5) is 0 Å². The molecule has 278 valence electrons. The number of amides is 1. The molecule has 10 heteroatoms. The number of carbonyl (C=O) groups is 2. The molecule has 0 rings (SSSR count). The van der Waals surface area contributed by atoms with Crippen molar-refractivity contribution >= 4 is 19.7 Å². The minimum atomic E-state index is -4.40. The van der Waals surface area contributed by atoms with E-state index in [1.54, 1.807) is 0 Å². The molecular weight excluding hydrogens is 617 g/mol. The van der Waals surface area contributed by atoms with E-state index >= 15 is 0 Å². The van der Waals surface area contributed by atoms with Gasteiger partial charge in [0, 0.05) is 19.4 Å². The average Bonchev–Trinajstić information content (AvgIpc) is 3.05. The summed E-state index contributed by atoms with van der Waals surface area (Å²) in [7, 11) is -4.40. The third-order valence-corrected chi connectivity index (χ3v) is 9.18. The summed E-state index contributed by atoms with van der Waals surface area (Å²) in [5.41, 5.74) is 0. The number of esters is 1. The Balaban J connectivity index is 3.62.